The van der Waals surface area contributed by atoms with Crippen LogP contribution in [0.5, 0.6) is 0 Å². The van der Waals surface area contributed by atoms with Gasteiger partial charge in [-0.15, -0.1) is 11.3 Å². The first-order valence-electron chi connectivity index (χ1n) is 6.30. The van der Waals surface area contributed by atoms with Crippen LogP contribution in [0.1, 0.15) is 29.9 Å². The van der Waals surface area contributed by atoms with Crippen molar-refractivity contribution in [1.82, 2.24) is 4.98 Å². The standard InChI is InChI=1S/C15H14N2O2S/c1-8-7-20-14-12(8)15(18)19-13(17-14)9(2)10-3-5-11(16)6-4-10/h3-7,9H,16H2,1-2H3. The number of benzene rings is 1. The number of hydrogen-bond donors (Lipinski definition) is 1. The summed E-state index contributed by atoms with van der Waals surface area (Å²) in [4.78, 5) is 17.3. The van der Waals surface area contributed by atoms with Gasteiger partial charge in [0.25, 0.3) is 0 Å². The molecule has 0 radical (unpaired) electrons. The van der Waals surface area contributed by atoms with E-state index in [1.54, 1.807) is 0 Å². The Morgan fingerprint density at radius 2 is 2.00 bits per heavy atom. The van der Waals surface area contributed by atoms with Crippen LogP contribution in [-0.4, -0.2) is 4.98 Å². The minimum Gasteiger partial charge on any atom is -0.407 e. The smallest absolute Gasteiger partial charge is 0.348 e. The molecular formula is C15H14N2O2S. The number of hydrogen-bond acceptors (Lipinski definition) is 5. The molecule has 3 aromatic rings. The van der Waals surface area contributed by atoms with Crippen molar-refractivity contribution in [2.75, 3.05) is 5.73 Å². The molecule has 0 spiro atoms. The number of aryl methyl sites for hydroxylation is 1. The van der Waals surface area contributed by atoms with Crippen LogP contribution in [0.25, 0.3) is 10.2 Å². The van der Waals surface area contributed by atoms with E-state index in [1.807, 2.05) is 43.5 Å². The average molecular weight is 286 g/mol. The zero-order valence-electron chi connectivity index (χ0n) is 11.2. The quantitative estimate of drug-likeness (QED) is 0.734. The third kappa shape index (κ3) is 2.10. The van der Waals surface area contributed by atoms with Gasteiger partial charge in [0.05, 0.1) is 11.3 Å². The Morgan fingerprint density at radius 1 is 1.30 bits per heavy atom. The van der Waals surface area contributed by atoms with Crippen LogP contribution in [0.3, 0.4) is 0 Å². The number of anilines is 1. The summed E-state index contributed by atoms with van der Waals surface area (Å²) in [6.07, 6.45) is 0. The molecule has 0 saturated heterocycles. The van der Waals surface area contributed by atoms with Gasteiger partial charge in [-0.25, -0.2) is 9.78 Å². The number of fused-ring (bicyclic) bond motifs is 1. The van der Waals surface area contributed by atoms with E-state index in [0.29, 0.717) is 17.0 Å². The van der Waals surface area contributed by atoms with Crippen LogP contribution in [-0.2, 0) is 0 Å². The summed E-state index contributed by atoms with van der Waals surface area (Å²) >= 11 is 1.47. The second-order valence-electron chi connectivity index (χ2n) is 4.83. The van der Waals surface area contributed by atoms with E-state index in [-0.39, 0.29) is 11.5 Å². The van der Waals surface area contributed by atoms with Gasteiger partial charge in [-0.3, -0.25) is 0 Å². The Balaban J connectivity index is 2.10. The van der Waals surface area contributed by atoms with Gasteiger partial charge in [-0.1, -0.05) is 12.1 Å². The molecule has 1 atom stereocenters. The summed E-state index contributed by atoms with van der Waals surface area (Å²) < 4.78 is 5.38. The molecule has 20 heavy (non-hydrogen) atoms. The Hall–Kier alpha value is -2.14. The van der Waals surface area contributed by atoms with E-state index in [0.717, 1.165) is 16.0 Å². The Bertz CT molecular complexity index is 818. The molecule has 0 amide bonds. The minimum atomic E-state index is -0.314. The summed E-state index contributed by atoms with van der Waals surface area (Å²) in [6.45, 7) is 3.85. The summed E-state index contributed by atoms with van der Waals surface area (Å²) in [5.74, 6) is 0.351. The second kappa shape index (κ2) is 4.76. The van der Waals surface area contributed by atoms with Crippen LogP contribution in [0, 0.1) is 6.92 Å². The molecule has 3 rings (SSSR count). The summed E-state index contributed by atoms with van der Waals surface area (Å²) in [7, 11) is 0. The summed E-state index contributed by atoms with van der Waals surface area (Å²) in [5, 5.41) is 2.51. The molecule has 0 fully saturated rings. The molecular weight excluding hydrogens is 272 g/mol. The van der Waals surface area contributed by atoms with Crippen LogP contribution in [0.4, 0.5) is 5.69 Å². The van der Waals surface area contributed by atoms with Gasteiger partial charge < -0.3 is 10.2 Å². The molecule has 0 saturated carbocycles. The third-order valence-corrected chi connectivity index (χ3v) is 4.37. The van der Waals surface area contributed by atoms with Gasteiger partial charge in [0.2, 0.25) is 5.89 Å². The lowest BCUT2D eigenvalue weighted by Gasteiger charge is -2.09. The largest absolute Gasteiger partial charge is 0.407 e. The van der Waals surface area contributed by atoms with E-state index in [2.05, 4.69) is 4.98 Å². The molecule has 2 heterocycles. The lowest BCUT2D eigenvalue weighted by Crippen LogP contribution is -2.07. The van der Waals surface area contributed by atoms with Crippen molar-refractivity contribution in [2.24, 2.45) is 0 Å². The predicted molar refractivity (Wildman–Crippen MR) is 81.3 cm³/mol. The van der Waals surface area contributed by atoms with Crippen LogP contribution >= 0.6 is 11.3 Å². The number of nitrogens with zero attached hydrogens (tertiary/aromatic N) is 1. The first kappa shape index (κ1) is 12.9. The summed E-state index contributed by atoms with van der Waals surface area (Å²) in [6, 6.07) is 7.51. The number of rotatable bonds is 2. The molecule has 0 aliphatic heterocycles. The van der Waals surface area contributed by atoms with Crippen molar-refractivity contribution in [3.05, 3.63) is 57.1 Å². The Labute approximate surface area is 119 Å². The molecule has 1 aromatic carbocycles. The topological polar surface area (TPSA) is 69.1 Å². The first-order chi connectivity index (χ1) is 9.56. The fourth-order valence-corrected chi connectivity index (χ4v) is 3.05. The molecule has 2 aromatic heterocycles. The number of nitrogen functional groups attached to an aromatic ring is 1. The van der Waals surface area contributed by atoms with E-state index in [9.17, 15) is 4.79 Å². The molecule has 0 aliphatic carbocycles. The van der Waals surface area contributed by atoms with E-state index < -0.39 is 0 Å². The summed E-state index contributed by atoms with van der Waals surface area (Å²) in [5.41, 5.74) is 8.00. The van der Waals surface area contributed by atoms with Crippen molar-refractivity contribution in [1.29, 1.82) is 0 Å². The number of thiophene rings is 1. The highest BCUT2D eigenvalue weighted by Gasteiger charge is 2.17. The molecule has 5 heteroatoms. The van der Waals surface area contributed by atoms with Gasteiger partial charge in [0.1, 0.15) is 4.83 Å². The highest BCUT2D eigenvalue weighted by atomic mass is 32.1. The molecule has 4 nitrogen and oxygen atoms in total. The highest BCUT2D eigenvalue weighted by Crippen LogP contribution is 2.26. The first-order valence-corrected chi connectivity index (χ1v) is 7.18. The minimum absolute atomic E-state index is 0.0879. The normalized spacial score (nSPS) is 12.7. The van der Waals surface area contributed by atoms with Gasteiger partial charge in [-0.2, -0.15) is 0 Å². The van der Waals surface area contributed by atoms with Crippen molar-refractivity contribution in [2.45, 2.75) is 19.8 Å². The van der Waals surface area contributed by atoms with Crippen LogP contribution in [0.2, 0.25) is 0 Å². The SMILES string of the molecule is Cc1csc2nc(C(C)c3ccc(N)cc3)oc(=O)c12. The molecule has 2 N–H and O–H groups in total. The fraction of sp³-hybridized carbons (Fsp3) is 0.200. The zero-order chi connectivity index (χ0) is 14.3. The zero-order valence-corrected chi connectivity index (χ0v) is 12.0. The van der Waals surface area contributed by atoms with E-state index >= 15 is 0 Å². The van der Waals surface area contributed by atoms with Gasteiger partial charge in [-0.05, 0) is 42.5 Å². The molecule has 0 aliphatic rings. The van der Waals surface area contributed by atoms with Gasteiger partial charge in [0, 0.05) is 5.69 Å². The lowest BCUT2D eigenvalue weighted by molar-refractivity contribution is 0.432. The van der Waals surface area contributed by atoms with Crippen molar-refractivity contribution in [3.8, 4) is 0 Å². The average Bonchev–Trinajstić information content (AvgIpc) is 2.81. The molecule has 102 valence electrons. The lowest BCUT2D eigenvalue weighted by atomic mass is 10.0. The third-order valence-electron chi connectivity index (χ3n) is 3.38. The van der Waals surface area contributed by atoms with Crippen molar-refractivity contribution < 1.29 is 4.42 Å². The van der Waals surface area contributed by atoms with Crippen LogP contribution in [0.15, 0.2) is 38.9 Å². The van der Waals surface area contributed by atoms with E-state index in [1.165, 1.54) is 11.3 Å². The maximum Gasteiger partial charge on any atom is 0.348 e. The van der Waals surface area contributed by atoms with E-state index in [4.69, 9.17) is 10.2 Å². The number of nitrogens with two attached hydrogens (primary N) is 1. The fourth-order valence-electron chi connectivity index (χ4n) is 2.14. The van der Waals surface area contributed by atoms with Crippen LogP contribution < -0.4 is 11.4 Å². The molecule has 1 unspecified atom stereocenters. The van der Waals surface area contributed by atoms with Gasteiger partial charge >= 0.3 is 5.63 Å². The number of aromatic nitrogens is 1. The maximum atomic E-state index is 12.1. The van der Waals surface area contributed by atoms with Crippen molar-refractivity contribution in [3.63, 3.8) is 0 Å². The second-order valence-corrected chi connectivity index (χ2v) is 5.68. The highest BCUT2D eigenvalue weighted by molar-refractivity contribution is 7.16. The van der Waals surface area contributed by atoms with Gasteiger partial charge in [0.15, 0.2) is 0 Å². The molecule has 0 bridgehead atoms. The Morgan fingerprint density at radius 3 is 2.70 bits per heavy atom. The predicted octanol–water partition coefficient (Wildman–Crippen LogP) is 3.29. The monoisotopic (exact) mass is 286 g/mol. The van der Waals surface area contributed by atoms with Crippen molar-refractivity contribution >= 4 is 27.2 Å². The maximum absolute atomic E-state index is 12.1. The Kier molecular flexibility index (Phi) is 3.06.